The van der Waals surface area contributed by atoms with E-state index in [1.165, 1.54) is 11.8 Å². The second-order valence-corrected chi connectivity index (χ2v) is 8.96. The monoisotopic (exact) mass is 473 g/mol. The van der Waals surface area contributed by atoms with Crippen molar-refractivity contribution < 1.29 is 9.59 Å². The van der Waals surface area contributed by atoms with E-state index in [-0.39, 0.29) is 11.8 Å². The van der Waals surface area contributed by atoms with Crippen LogP contribution in [0.2, 0.25) is 5.15 Å². The molecular weight excluding hydrogens is 450 g/mol. The molecule has 1 fully saturated rings. The number of benzene rings is 1. The fourth-order valence-corrected chi connectivity index (χ4v) is 4.48. The Balaban J connectivity index is 1.25. The minimum atomic E-state index is -0.299. The number of nitrogens with zero attached hydrogens (tertiary/aromatic N) is 4. The van der Waals surface area contributed by atoms with E-state index in [0.29, 0.717) is 41.0 Å². The third kappa shape index (κ3) is 4.52. The lowest BCUT2D eigenvalue weighted by molar-refractivity contribution is 0.0712. The number of pyridine rings is 2. The van der Waals surface area contributed by atoms with Crippen LogP contribution in [0.3, 0.4) is 0 Å². The van der Waals surface area contributed by atoms with Gasteiger partial charge in [0, 0.05) is 49.1 Å². The van der Waals surface area contributed by atoms with Crippen molar-refractivity contribution in [3.05, 3.63) is 94.7 Å². The van der Waals surface area contributed by atoms with E-state index in [1.807, 2.05) is 40.6 Å². The fourth-order valence-electron chi connectivity index (χ4n) is 4.37. The number of rotatable bonds is 4. The molecule has 7 nitrogen and oxygen atoms in total. The summed E-state index contributed by atoms with van der Waals surface area (Å²) in [5.41, 5.74) is 4.65. The smallest absolute Gasteiger partial charge is 0.257 e. The highest BCUT2D eigenvalue weighted by molar-refractivity contribution is 6.29. The molecule has 5 rings (SSSR count). The molecule has 0 aliphatic carbocycles. The molecule has 1 N–H and O–H groups in total. The van der Waals surface area contributed by atoms with E-state index in [1.54, 1.807) is 24.4 Å². The minimum Gasteiger partial charge on any atom is -0.339 e. The third-order valence-electron chi connectivity index (χ3n) is 6.39. The number of hydrogen-bond acceptors (Lipinski definition) is 4. The quantitative estimate of drug-likeness (QED) is 0.425. The zero-order chi connectivity index (χ0) is 23.7. The summed E-state index contributed by atoms with van der Waals surface area (Å²) in [7, 11) is 0. The van der Waals surface area contributed by atoms with Gasteiger partial charge in [0.1, 0.15) is 10.8 Å². The van der Waals surface area contributed by atoms with Gasteiger partial charge in [-0.05, 0) is 67.1 Å². The van der Waals surface area contributed by atoms with Crippen LogP contribution < -0.4 is 5.32 Å². The molecule has 4 heterocycles. The molecule has 0 atom stereocenters. The Hall–Kier alpha value is -3.71. The molecule has 8 heteroatoms. The van der Waals surface area contributed by atoms with Crippen molar-refractivity contribution >= 4 is 34.7 Å². The first-order valence-corrected chi connectivity index (χ1v) is 11.6. The molecule has 0 radical (unpaired) electrons. The Morgan fingerprint density at radius 3 is 2.59 bits per heavy atom. The highest BCUT2D eigenvalue weighted by Crippen LogP contribution is 2.29. The van der Waals surface area contributed by atoms with Crippen LogP contribution in [0.1, 0.15) is 50.6 Å². The topological polar surface area (TPSA) is 79.6 Å². The average Bonchev–Trinajstić information content (AvgIpc) is 3.33. The largest absolute Gasteiger partial charge is 0.339 e. The normalized spacial score (nSPS) is 14.4. The Morgan fingerprint density at radius 1 is 1.03 bits per heavy atom. The highest BCUT2D eigenvalue weighted by Gasteiger charge is 2.25. The molecule has 1 aliphatic heterocycles. The minimum absolute atomic E-state index is 0.0211. The summed E-state index contributed by atoms with van der Waals surface area (Å²) in [4.78, 5) is 36.0. The van der Waals surface area contributed by atoms with Crippen LogP contribution >= 0.6 is 11.6 Å². The summed E-state index contributed by atoms with van der Waals surface area (Å²) in [6.45, 7) is 3.28. The highest BCUT2D eigenvalue weighted by atomic mass is 35.5. The lowest BCUT2D eigenvalue weighted by atomic mass is 9.90. The molecule has 0 saturated carbocycles. The molecule has 3 aromatic heterocycles. The van der Waals surface area contributed by atoms with Gasteiger partial charge in [-0.1, -0.05) is 23.7 Å². The van der Waals surface area contributed by atoms with Gasteiger partial charge in [-0.25, -0.2) is 9.97 Å². The number of anilines is 1. The number of carbonyl (C=O) groups excluding carboxylic acids is 2. The summed E-state index contributed by atoms with van der Waals surface area (Å²) in [5.74, 6) is 0.0939. The predicted molar refractivity (Wildman–Crippen MR) is 131 cm³/mol. The lowest BCUT2D eigenvalue weighted by Gasteiger charge is -2.32. The Labute approximate surface area is 202 Å². The predicted octanol–water partition coefficient (Wildman–Crippen LogP) is 4.96. The Bertz CT molecular complexity index is 1360. The lowest BCUT2D eigenvalue weighted by Crippen LogP contribution is -2.38. The molecule has 172 valence electrons. The number of fused-ring (bicyclic) bond motifs is 1. The van der Waals surface area contributed by atoms with Gasteiger partial charge in [0.2, 0.25) is 0 Å². The van der Waals surface area contributed by atoms with Crippen LogP contribution in [0.4, 0.5) is 5.69 Å². The third-order valence-corrected chi connectivity index (χ3v) is 6.61. The SMILES string of the molecule is Cc1ccc(C(=O)N2CCC(c3ccc4nccn4c3)CC2)cc1NC(=O)c1ccc(Cl)nc1. The molecule has 0 spiro atoms. The van der Waals surface area contributed by atoms with Crippen LogP contribution in [-0.2, 0) is 0 Å². The second kappa shape index (κ2) is 9.27. The second-order valence-electron chi connectivity index (χ2n) is 8.58. The van der Waals surface area contributed by atoms with E-state index in [2.05, 4.69) is 27.5 Å². The molecule has 34 heavy (non-hydrogen) atoms. The average molecular weight is 474 g/mol. The summed E-state index contributed by atoms with van der Waals surface area (Å²) in [5, 5.41) is 3.21. The van der Waals surface area contributed by atoms with Gasteiger partial charge < -0.3 is 14.6 Å². The maximum Gasteiger partial charge on any atom is 0.257 e. The van der Waals surface area contributed by atoms with Crippen molar-refractivity contribution in [2.45, 2.75) is 25.7 Å². The fraction of sp³-hybridized carbons (Fsp3) is 0.231. The summed E-state index contributed by atoms with van der Waals surface area (Å²) in [6, 6.07) is 12.8. The Kier molecular flexibility index (Phi) is 6.02. The van der Waals surface area contributed by atoms with Crippen molar-refractivity contribution in [1.82, 2.24) is 19.3 Å². The van der Waals surface area contributed by atoms with Gasteiger partial charge in [-0.2, -0.15) is 0 Å². The number of piperidine rings is 1. The van der Waals surface area contributed by atoms with E-state index < -0.39 is 0 Å². The number of aryl methyl sites for hydroxylation is 1. The molecule has 1 aliphatic rings. The van der Waals surface area contributed by atoms with Crippen LogP contribution in [0.25, 0.3) is 5.65 Å². The maximum atomic E-state index is 13.2. The Morgan fingerprint density at radius 2 is 1.82 bits per heavy atom. The molecule has 0 unspecified atom stereocenters. The molecule has 1 aromatic carbocycles. The van der Waals surface area contributed by atoms with Gasteiger partial charge in [-0.3, -0.25) is 9.59 Å². The van der Waals surface area contributed by atoms with Gasteiger partial charge in [0.25, 0.3) is 11.8 Å². The van der Waals surface area contributed by atoms with E-state index in [0.717, 1.165) is 24.1 Å². The number of likely N-dealkylation sites (tertiary alicyclic amines) is 1. The molecule has 2 amide bonds. The number of imidazole rings is 1. The van der Waals surface area contributed by atoms with Crippen molar-refractivity contribution in [3.63, 3.8) is 0 Å². The van der Waals surface area contributed by atoms with Crippen molar-refractivity contribution in [3.8, 4) is 0 Å². The molecular formula is C26H24ClN5O2. The number of aromatic nitrogens is 3. The number of halogens is 1. The molecule has 0 bridgehead atoms. The maximum absolute atomic E-state index is 13.2. The van der Waals surface area contributed by atoms with Crippen LogP contribution in [0, 0.1) is 6.92 Å². The van der Waals surface area contributed by atoms with Gasteiger partial charge in [0.15, 0.2) is 0 Å². The first-order valence-electron chi connectivity index (χ1n) is 11.2. The first kappa shape index (κ1) is 22.1. The van der Waals surface area contributed by atoms with E-state index >= 15 is 0 Å². The van der Waals surface area contributed by atoms with Gasteiger partial charge in [-0.15, -0.1) is 0 Å². The van der Waals surface area contributed by atoms with Crippen LogP contribution in [0.5, 0.6) is 0 Å². The van der Waals surface area contributed by atoms with Crippen LogP contribution in [-0.4, -0.2) is 44.2 Å². The van der Waals surface area contributed by atoms with Crippen molar-refractivity contribution in [1.29, 1.82) is 0 Å². The standard InChI is InChI=1S/C26H24ClN5O2/c1-17-2-3-19(14-22(17)30-25(33)20-4-6-23(27)29-15-20)26(34)31-11-8-18(9-12-31)21-5-7-24-28-10-13-32(24)16-21/h2-7,10,13-16,18H,8-9,11-12H2,1H3,(H,30,33). The number of carbonyl (C=O) groups is 2. The summed E-state index contributed by atoms with van der Waals surface area (Å²) >= 11 is 5.80. The van der Waals surface area contributed by atoms with Crippen LogP contribution in [0.15, 0.2) is 67.3 Å². The number of hydrogen-bond donors (Lipinski definition) is 1. The first-order chi connectivity index (χ1) is 16.5. The zero-order valence-corrected chi connectivity index (χ0v) is 19.5. The number of amides is 2. The zero-order valence-electron chi connectivity index (χ0n) is 18.7. The van der Waals surface area contributed by atoms with Crippen molar-refractivity contribution in [2.75, 3.05) is 18.4 Å². The van der Waals surface area contributed by atoms with E-state index in [9.17, 15) is 9.59 Å². The summed E-state index contributed by atoms with van der Waals surface area (Å²) in [6.07, 6.45) is 9.13. The number of nitrogens with one attached hydrogen (secondary N) is 1. The van der Waals surface area contributed by atoms with Gasteiger partial charge >= 0.3 is 0 Å². The van der Waals surface area contributed by atoms with Gasteiger partial charge in [0.05, 0.1) is 5.56 Å². The van der Waals surface area contributed by atoms with Crippen molar-refractivity contribution in [2.24, 2.45) is 0 Å². The molecule has 4 aromatic rings. The molecule has 1 saturated heterocycles. The summed E-state index contributed by atoms with van der Waals surface area (Å²) < 4.78 is 2.04. The van der Waals surface area contributed by atoms with E-state index in [4.69, 9.17) is 11.6 Å².